The molecule has 0 radical (unpaired) electrons. The number of nitrogens with two attached hydrogens (primary N) is 2. The molecule has 2 rings (SSSR count). The molecule has 0 atom stereocenters. The summed E-state index contributed by atoms with van der Waals surface area (Å²) in [4.78, 5) is 3.87. The Bertz CT molecular complexity index is 1300. The lowest BCUT2D eigenvalue weighted by atomic mass is 10.2. The van der Waals surface area contributed by atoms with Crippen molar-refractivity contribution in [3.63, 3.8) is 0 Å². The van der Waals surface area contributed by atoms with Crippen LogP contribution in [0.2, 0.25) is 0 Å². The first kappa shape index (κ1) is 24.9. The summed E-state index contributed by atoms with van der Waals surface area (Å²) in [5, 5.41) is 22.4. The van der Waals surface area contributed by atoms with Gasteiger partial charge in [-0.1, -0.05) is 6.07 Å². The fourth-order valence-electron chi connectivity index (χ4n) is 2.40. The highest BCUT2D eigenvalue weighted by molar-refractivity contribution is 7.89. The van der Waals surface area contributed by atoms with Gasteiger partial charge in [-0.3, -0.25) is 5.43 Å². The van der Waals surface area contributed by atoms with Crippen molar-refractivity contribution in [2.24, 2.45) is 20.4 Å². The molecule has 0 aliphatic rings. The lowest BCUT2D eigenvalue weighted by Crippen LogP contribution is -2.24. The number of methoxy groups -OCH3 is 2. The van der Waals surface area contributed by atoms with Crippen LogP contribution in [0, 0.1) is 5.41 Å². The molecule has 2 aromatic carbocycles. The molecule has 0 aliphatic carbocycles. The number of hydrogen-bond donors (Lipinski definition) is 4. The highest BCUT2D eigenvalue weighted by atomic mass is 32.2. The molecule has 2 aromatic rings. The second-order valence-electron chi connectivity index (χ2n) is 6.27. The van der Waals surface area contributed by atoms with E-state index < -0.39 is 20.0 Å². The van der Waals surface area contributed by atoms with Crippen molar-refractivity contribution in [3.05, 3.63) is 42.5 Å². The predicted molar refractivity (Wildman–Crippen MR) is 121 cm³/mol. The molecule has 6 N–H and O–H groups in total. The molecular weight excluding hydrogens is 460 g/mol. The summed E-state index contributed by atoms with van der Waals surface area (Å²) in [7, 11) is -5.25. The van der Waals surface area contributed by atoms with Crippen molar-refractivity contribution in [2.75, 3.05) is 19.6 Å². The monoisotopic (exact) mass is 482 g/mol. The van der Waals surface area contributed by atoms with Gasteiger partial charge in [-0.25, -0.2) is 32.1 Å². The van der Waals surface area contributed by atoms with Gasteiger partial charge in [-0.2, -0.15) is 5.10 Å². The van der Waals surface area contributed by atoms with Gasteiger partial charge in [-0.15, -0.1) is 0 Å². The fraction of sp³-hybridized carbons (Fsp3) is 0.167. The number of primary sulfonamides is 2. The van der Waals surface area contributed by atoms with E-state index in [1.165, 1.54) is 63.6 Å². The van der Waals surface area contributed by atoms with E-state index in [0.717, 1.165) is 0 Å². The maximum Gasteiger partial charge on any atom is 0.243 e. The third-order valence-corrected chi connectivity index (χ3v) is 5.74. The summed E-state index contributed by atoms with van der Waals surface area (Å²) in [6, 6.07) is 9.37. The predicted octanol–water partition coefficient (Wildman–Crippen LogP) is 1.17. The average Bonchev–Trinajstić information content (AvgIpc) is 2.71. The number of sulfonamides is 2. The number of benzene rings is 2. The topological polar surface area (TPSA) is 199 Å². The molecular formula is C18H22N6O6S2. The molecule has 12 nitrogen and oxygen atoms in total. The van der Waals surface area contributed by atoms with E-state index in [9.17, 15) is 16.8 Å². The average molecular weight is 483 g/mol. The molecule has 0 saturated heterocycles. The molecule has 32 heavy (non-hydrogen) atoms. The van der Waals surface area contributed by atoms with Gasteiger partial charge in [0.15, 0.2) is 5.71 Å². The van der Waals surface area contributed by atoms with Crippen LogP contribution in [-0.4, -0.2) is 48.4 Å². The van der Waals surface area contributed by atoms with Crippen LogP contribution < -0.4 is 20.4 Å². The molecule has 0 amide bonds. The van der Waals surface area contributed by atoms with Crippen LogP contribution in [0.15, 0.2) is 62.3 Å². The first-order chi connectivity index (χ1) is 14.9. The van der Waals surface area contributed by atoms with Gasteiger partial charge in [0.05, 0.1) is 41.1 Å². The molecule has 0 fully saturated rings. The lowest BCUT2D eigenvalue weighted by Gasteiger charge is -2.12. The highest BCUT2D eigenvalue weighted by Gasteiger charge is 2.16. The lowest BCUT2D eigenvalue weighted by molar-refractivity contribution is 0.411. The van der Waals surface area contributed by atoms with E-state index in [1.54, 1.807) is 0 Å². The van der Waals surface area contributed by atoms with E-state index in [1.807, 2.05) is 0 Å². The van der Waals surface area contributed by atoms with Crippen molar-refractivity contribution < 1.29 is 26.3 Å². The summed E-state index contributed by atoms with van der Waals surface area (Å²) in [6.45, 7) is 1.42. The Morgan fingerprint density at radius 3 is 2.16 bits per heavy atom. The summed E-state index contributed by atoms with van der Waals surface area (Å²) in [6.07, 6.45) is 0. The normalized spacial score (nSPS) is 12.9. The number of rotatable bonds is 8. The molecule has 0 heterocycles. The minimum absolute atomic E-state index is 0.0448. The van der Waals surface area contributed by atoms with E-state index in [-0.39, 0.29) is 44.2 Å². The number of hydrogen-bond acceptors (Lipinski definition) is 10. The Morgan fingerprint density at radius 2 is 1.62 bits per heavy atom. The van der Waals surface area contributed by atoms with Crippen molar-refractivity contribution in [2.45, 2.75) is 16.7 Å². The quantitative estimate of drug-likeness (QED) is 0.246. The molecule has 0 saturated carbocycles. The molecule has 0 spiro atoms. The van der Waals surface area contributed by atoms with Crippen LogP contribution in [0.3, 0.4) is 0 Å². The summed E-state index contributed by atoms with van der Waals surface area (Å²) >= 11 is 0. The van der Waals surface area contributed by atoms with Crippen molar-refractivity contribution in [3.8, 4) is 5.75 Å². The van der Waals surface area contributed by atoms with E-state index >= 15 is 0 Å². The summed E-state index contributed by atoms with van der Waals surface area (Å²) in [5.41, 5.74) is 2.87. The van der Waals surface area contributed by atoms with Gasteiger partial charge >= 0.3 is 0 Å². The van der Waals surface area contributed by atoms with E-state index in [4.69, 9.17) is 25.2 Å². The standard InChI is InChI=1S/C18H22N6O6S2/c1-11(19)17(18(30-3)22-12-5-4-6-13(9-12)31(20,25)26)24-23-15-10-14(32(21,27)28)7-8-16(15)29-2/h4-10,19,23H,1-3H3,(H2,20,25,26)(H2,21,27,28). The Kier molecular flexibility index (Phi) is 7.69. The first-order valence-corrected chi connectivity index (χ1v) is 11.8. The zero-order valence-electron chi connectivity index (χ0n) is 17.4. The van der Waals surface area contributed by atoms with Crippen molar-refractivity contribution in [1.29, 1.82) is 5.41 Å². The minimum Gasteiger partial charge on any atom is -0.495 e. The maximum atomic E-state index is 11.6. The van der Waals surface area contributed by atoms with E-state index in [2.05, 4.69) is 15.5 Å². The Labute approximate surface area is 185 Å². The van der Waals surface area contributed by atoms with E-state index in [0.29, 0.717) is 0 Å². The van der Waals surface area contributed by atoms with Crippen molar-refractivity contribution >= 4 is 48.7 Å². The number of aliphatic imine (C=N–C) groups is 1. The third kappa shape index (κ3) is 6.34. The summed E-state index contributed by atoms with van der Waals surface area (Å²) in [5.74, 6) is 0.151. The van der Waals surface area contributed by atoms with Gasteiger partial charge in [0.25, 0.3) is 0 Å². The second-order valence-corrected chi connectivity index (χ2v) is 9.39. The van der Waals surface area contributed by atoms with Gasteiger partial charge in [0.2, 0.25) is 25.9 Å². The maximum absolute atomic E-state index is 11.6. The Morgan fingerprint density at radius 1 is 1.00 bits per heavy atom. The zero-order valence-corrected chi connectivity index (χ0v) is 19.0. The number of anilines is 1. The zero-order chi connectivity index (χ0) is 24.1. The van der Waals surface area contributed by atoms with Crippen LogP contribution in [0.25, 0.3) is 0 Å². The van der Waals surface area contributed by atoms with Gasteiger partial charge in [0, 0.05) is 0 Å². The van der Waals surface area contributed by atoms with Crippen LogP contribution >= 0.6 is 0 Å². The number of nitrogens with zero attached hydrogens (tertiary/aromatic N) is 2. The summed E-state index contributed by atoms with van der Waals surface area (Å²) < 4.78 is 56.8. The fourth-order valence-corrected chi connectivity index (χ4v) is 3.50. The van der Waals surface area contributed by atoms with Gasteiger partial charge < -0.3 is 14.9 Å². The number of nitrogens with one attached hydrogen (secondary N) is 2. The van der Waals surface area contributed by atoms with Crippen molar-refractivity contribution in [1.82, 2.24) is 0 Å². The SMILES string of the molecule is COC(=Nc1cccc(S(N)(=O)=O)c1)C(=NNc1cc(S(N)(=O)=O)ccc1OC)C(C)=N. The van der Waals surface area contributed by atoms with Crippen LogP contribution in [0.1, 0.15) is 6.92 Å². The third-order valence-electron chi connectivity index (χ3n) is 3.92. The van der Waals surface area contributed by atoms with Crippen LogP contribution in [0.4, 0.5) is 11.4 Å². The minimum atomic E-state index is -3.98. The smallest absolute Gasteiger partial charge is 0.243 e. The Hall–Kier alpha value is -3.33. The molecule has 0 unspecified atom stereocenters. The van der Waals surface area contributed by atoms with Gasteiger partial charge in [-0.05, 0) is 43.3 Å². The van der Waals surface area contributed by atoms with Gasteiger partial charge in [0.1, 0.15) is 5.75 Å². The highest BCUT2D eigenvalue weighted by Crippen LogP contribution is 2.27. The molecule has 0 bridgehead atoms. The van der Waals surface area contributed by atoms with Crippen LogP contribution in [0.5, 0.6) is 5.75 Å². The Balaban J connectivity index is 2.51. The number of ether oxygens (including phenoxy) is 2. The molecule has 172 valence electrons. The first-order valence-electron chi connectivity index (χ1n) is 8.72. The number of hydrazone groups is 1. The molecule has 14 heteroatoms. The molecule has 0 aliphatic heterocycles. The largest absolute Gasteiger partial charge is 0.495 e. The second kappa shape index (κ2) is 9.86. The molecule has 0 aromatic heterocycles. The van der Waals surface area contributed by atoms with Crippen LogP contribution in [-0.2, 0) is 24.8 Å².